The number of hydrogen-bond acceptors (Lipinski definition) is 2. The summed E-state index contributed by atoms with van der Waals surface area (Å²) in [5, 5.41) is 0. The first-order chi connectivity index (χ1) is 6.11. The van der Waals surface area contributed by atoms with Gasteiger partial charge in [-0.05, 0) is 19.8 Å². The van der Waals surface area contributed by atoms with Crippen molar-refractivity contribution in [3.63, 3.8) is 0 Å². The molecule has 1 aliphatic rings. The molecule has 0 spiro atoms. The first-order valence-electron chi connectivity index (χ1n) is 5.05. The predicted octanol–water partition coefficient (Wildman–Crippen LogP) is 1.97. The van der Waals surface area contributed by atoms with Crippen molar-refractivity contribution in [2.75, 3.05) is 25.5 Å². The molecular formula is C10H20ClNO. The van der Waals surface area contributed by atoms with Crippen molar-refractivity contribution >= 4 is 11.6 Å². The summed E-state index contributed by atoms with van der Waals surface area (Å²) >= 11 is 5.79. The summed E-state index contributed by atoms with van der Waals surface area (Å²) in [7, 11) is 0. The molecule has 0 aromatic heterocycles. The van der Waals surface area contributed by atoms with Gasteiger partial charge >= 0.3 is 0 Å². The molecule has 0 bridgehead atoms. The van der Waals surface area contributed by atoms with E-state index in [2.05, 4.69) is 25.7 Å². The van der Waals surface area contributed by atoms with Crippen molar-refractivity contribution in [2.24, 2.45) is 5.92 Å². The molecule has 0 amide bonds. The van der Waals surface area contributed by atoms with Crippen LogP contribution in [-0.4, -0.2) is 42.6 Å². The van der Waals surface area contributed by atoms with Crippen molar-refractivity contribution in [2.45, 2.75) is 33.0 Å². The lowest BCUT2D eigenvalue weighted by Gasteiger charge is -2.36. The Balaban J connectivity index is 2.32. The van der Waals surface area contributed by atoms with Crippen molar-refractivity contribution in [3.05, 3.63) is 0 Å². The average molecular weight is 206 g/mol. The fraction of sp³-hybridized carbons (Fsp3) is 1.00. The summed E-state index contributed by atoms with van der Waals surface area (Å²) in [4.78, 5) is 2.45. The Morgan fingerprint density at radius 3 is 2.38 bits per heavy atom. The molecule has 3 atom stereocenters. The van der Waals surface area contributed by atoms with Gasteiger partial charge in [-0.3, -0.25) is 4.90 Å². The van der Waals surface area contributed by atoms with Crippen molar-refractivity contribution in [1.29, 1.82) is 0 Å². The second kappa shape index (κ2) is 5.18. The number of halogens is 1. The summed E-state index contributed by atoms with van der Waals surface area (Å²) in [5.74, 6) is 1.33. The lowest BCUT2D eigenvalue weighted by Crippen LogP contribution is -2.46. The fourth-order valence-electron chi connectivity index (χ4n) is 1.92. The molecule has 1 heterocycles. The Hall–Kier alpha value is 0.210. The SMILES string of the molecule is CC(CCl)CN1C[C@@H](C)O[C@@H](C)C1. The quantitative estimate of drug-likeness (QED) is 0.654. The molecule has 1 fully saturated rings. The van der Waals surface area contributed by atoms with E-state index >= 15 is 0 Å². The summed E-state index contributed by atoms with van der Waals surface area (Å²) < 4.78 is 5.66. The predicted molar refractivity (Wildman–Crippen MR) is 56.3 cm³/mol. The largest absolute Gasteiger partial charge is 0.373 e. The van der Waals surface area contributed by atoms with Crippen LogP contribution in [0.3, 0.4) is 0 Å². The number of alkyl halides is 1. The van der Waals surface area contributed by atoms with Crippen molar-refractivity contribution in [3.8, 4) is 0 Å². The molecule has 1 saturated heterocycles. The second-order valence-electron chi connectivity index (χ2n) is 4.24. The Labute approximate surface area is 86.2 Å². The Morgan fingerprint density at radius 2 is 1.92 bits per heavy atom. The summed E-state index contributed by atoms with van der Waals surface area (Å²) in [5.41, 5.74) is 0. The van der Waals surface area contributed by atoms with Gasteiger partial charge in [-0.2, -0.15) is 0 Å². The van der Waals surface area contributed by atoms with Crippen LogP contribution >= 0.6 is 11.6 Å². The van der Waals surface area contributed by atoms with Crippen molar-refractivity contribution < 1.29 is 4.74 Å². The minimum Gasteiger partial charge on any atom is -0.373 e. The highest BCUT2D eigenvalue weighted by Crippen LogP contribution is 2.12. The summed E-state index contributed by atoms with van der Waals surface area (Å²) in [6.45, 7) is 9.65. The van der Waals surface area contributed by atoms with E-state index in [0.29, 0.717) is 18.1 Å². The zero-order valence-electron chi connectivity index (χ0n) is 8.79. The minimum absolute atomic E-state index is 0.367. The third-order valence-electron chi connectivity index (χ3n) is 2.33. The van der Waals surface area contributed by atoms with Crippen LogP contribution < -0.4 is 0 Å². The van der Waals surface area contributed by atoms with Crippen LogP contribution in [0, 0.1) is 5.92 Å². The number of hydrogen-bond donors (Lipinski definition) is 0. The Kier molecular flexibility index (Phi) is 4.50. The van der Waals surface area contributed by atoms with Gasteiger partial charge in [-0.25, -0.2) is 0 Å². The van der Waals surface area contributed by atoms with E-state index in [0.717, 1.165) is 25.5 Å². The minimum atomic E-state index is 0.367. The van der Waals surface area contributed by atoms with Crippen LogP contribution in [0.4, 0.5) is 0 Å². The smallest absolute Gasteiger partial charge is 0.0678 e. The van der Waals surface area contributed by atoms with Crippen LogP contribution in [0.5, 0.6) is 0 Å². The molecule has 0 aromatic rings. The first kappa shape index (κ1) is 11.3. The van der Waals surface area contributed by atoms with E-state index in [1.54, 1.807) is 0 Å². The van der Waals surface area contributed by atoms with Gasteiger partial charge < -0.3 is 4.74 Å². The third-order valence-corrected chi connectivity index (χ3v) is 2.86. The molecule has 0 radical (unpaired) electrons. The molecule has 0 aromatic carbocycles. The number of morpholine rings is 1. The van der Waals surface area contributed by atoms with Gasteiger partial charge in [-0.15, -0.1) is 11.6 Å². The monoisotopic (exact) mass is 205 g/mol. The molecule has 0 N–H and O–H groups in total. The van der Waals surface area contributed by atoms with Crippen LogP contribution in [0.2, 0.25) is 0 Å². The van der Waals surface area contributed by atoms with E-state index in [9.17, 15) is 0 Å². The number of rotatable bonds is 3. The highest BCUT2D eigenvalue weighted by atomic mass is 35.5. The molecule has 2 nitrogen and oxygen atoms in total. The van der Waals surface area contributed by atoms with Crippen LogP contribution in [0.15, 0.2) is 0 Å². The molecule has 1 rings (SSSR count). The second-order valence-corrected chi connectivity index (χ2v) is 4.54. The van der Waals surface area contributed by atoms with Gasteiger partial charge in [0.05, 0.1) is 12.2 Å². The van der Waals surface area contributed by atoms with E-state index in [4.69, 9.17) is 16.3 Å². The topological polar surface area (TPSA) is 12.5 Å². The molecule has 78 valence electrons. The van der Waals surface area contributed by atoms with Crippen LogP contribution in [0.1, 0.15) is 20.8 Å². The molecule has 3 heteroatoms. The summed E-state index contributed by atoms with van der Waals surface area (Å²) in [6, 6.07) is 0. The standard InChI is InChI=1S/C10H20ClNO/c1-8(4-11)5-12-6-9(2)13-10(3)7-12/h8-10H,4-7H2,1-3H3/t8?,9-,10+. The molecule has 1 unspecified atom stereocenters. The molecular weight excluding hydrogens is 186 g/mol. The molecule has 0 saturated carbocycles. The zero-order valence-corrected chi connectivity index (χ0v) is 9.55. The van der Waals surface area contributed by atoms with E-state index < -0.39 is 0 Å². The van der Waals surface area contributed by atoms with Crippen LogP contribution in [0.25, 0.3) is 0 Å². The Bertz CT molecular complexity index is 144. The summed E-state index contributed by atoms with van der Waals surface area (Å²) in [6.07, 6.45) is 0.734. The van der Waals surface area contributed by atoms with Gasteiger partial charge in [0.2, 0.25) is 0 Å². The molecule has 1 aliphatic heterocycles. The number of nitrogens with zero attached hydrogens (tertiary/aromatic N) is 1. The highest BCUT2D eigenvalue weighted by molar-refractivity contribution is 6.18. The van der Waals surface area contributed by atoms with Gasteiger partial charge in [-0.1, -0.05) is 6.92 Å². The lowest BCUT2D eigenvalue weighted by atomic mass is 10.1. The van der Waals surface area contributed by atoms with Gasteiger partial charge in [0.25, 0.3) is 0 Å². The number of ether oxygens (including phenoxy) is 1. The van der Waals surface area contributed by atoms with Crippen molar-refractivity contribution in [1.82, 2.24) is 4.90 Å². The fourth-order valence-corrected chi connectivity index (χ4v) is 2.02. The van der Waals surface area contributed by atoms with E-state index in [-0.39, 0.29) is 0 Å². The maximum Gasteiger partial charge on any atom is 0.0678 e. The first-order valence-corrected chi connectivity index (χ1v) is 5.59. The average Bonchev–Trinajstić information content (AvgIpc) is 2.02. The third kappa shape index (κ3) is 3.84. The van der Waals surface area contributed by atoms with Gasteiger partial charge in [0.1, 0.15) is 0 Å². The van der Waals surface area contributed by atoms with E-state index in [1.165, 1.54) is 0 Å². The van der Waals surface area contributed by atoms with Gasteiger partial charge in [0.15, 0.2) is 0 Å². The maximum absolute atomic E-state index is 5.79. The van der Waals surface area contributed by atoms with Crippen LogP contribution in [-0.2, 0) is 4.74 Å². The maximum atomic E-state index is 5.79. The zero-order chi connectivity index (χ0) is 9.84. The normalized spacial score (nSPS) is 33.2. The highest BCUT2D eigenvalue weighted by Gasteiger charge is 2.22. The lowest BCUT2D eigenvalue weighted by molar-refractivity contribution is -0.0703. The molecule has 0 aliphatic carbocycles. The van der Waals surface area contributed by atoms with E-state index in [1.807, 2.05) is 0 Å². The Morgan fingerprint density at radius 1 is 1.38 bits per heavy atom. The van der Waals surface area contributed by atoms with Gasteiger partial charge in [0, 0.05) is 25.5 Å². The molecule has 13 heavy (non-hydrogen) atoms.